The van der Waals surface area contributed by atoms with Gasteiger partial charge in [-0.3, -0.25) is 0 Å². The van der Waals surface area contributed by atoms with Gasteiger partial charge in [0, 0.05) is 11.8 Å². The molecule has 2 aromatic rings. The van der Waals surface area contributed by atoms with E-state index in [1.54, 1.807) is 16.8 Å². The van der Waals surface area contributed by atoms with Crippen LogP contribution in [0.2, 0.25) is 0 Å². The van der Waals surface area contributed by atoms with Gasteiger partial charge in [-0.05, 0) is 6.92 Å². The molecule has 4 atom stereocenters. The highest BCUT2D eigenvalue weighted by atomic mass is 79.9. The Morgan fingerprint density at radius 1 is 1.59 bits per heavy atom. The summed E-state index contributed by atoms with van der Waals surface area (Å²) in [7, 11) is 0. The number of aromatic nitrogens is 3. The fourth-order valence-corrected chi connectivity index (χ4v) is 3.46. The number of rotatable bonds is 3. The maximum absolute atomic E-state index is 10.3. The summed E-state index contributed by atoms with van der Waals surface area (Å²) in [6.07, 6.45) is 2.73. The summed E-state index contributed by atoms with van der Waals surface area (Å²) in [5, 5.41) is 20.4. The second kappa shape index (κ2) is 5.31. The fraction of sp³-hybridized carbons (Fsp3) is 0.429. The molecule has 2 aromatic heterocycles. The summed E-state index contributed by atoms with van der Waals surface area (Å²) in [5.74, 6) is 0.354. The summed E-state index contributed by atoms with van der Waals surface area (Å²) < 4.78 is 6.80. The van der Waals surface area contributed by atoms with Crippen LogP contribution in [0.15, 0.2) is 19.1 Å². The van der Waals surface area contributed by atoms with Crippen LogP contribution in [-0.4, -0.2) is 47.9 Å². The van der Waals surface area contributed by atoms with Crippen molar-refractivity contribution in [2.45, 2.75) is 29.7 Å². The molecule has 0 saturated carbocycles. The van der Waals surface area contributed by atoms with Crippen LogP contribution >= 0.6 is 15.9 Å². The highest BCUT2D eigenvalue weighted by Gasteiger charge is 2.52. The van der Waals surface area contributed by atoms with E-state index in [9.17, 15) is 10.2 Å². The predicted octanol–water partition coefficient (Wildman–Crippen LogP) is 1.06. The van der Waals surface area contributed by atoms with Crippen LogP contribution in [-0.2, 0) is 4.74 Å². The van der Waals surface area contributed by atoms with Crippen LogP contribution in [0.1, 0.15) is 18.7 Å². The summed E-state index contributed by atoms with van der Waals surface area (Å²) in [6, 6.07) is 0. The van der Waals surface area contributed by atoms with E-state index in [4.69, 9.17) is 10.5 Å². The van der Waals surface area contributed by atoms with Gasteiger partial charge in [0.15, 0.2) is 6.23 Å². The van der Waals surface area contributed by atoms with Crippen LogP contribution in [0, 0.1) is 0 Å². The highest BCUT2D eigenvalue weighted by Crippen LogP contribution is 2.46. The topological polar surface area (TPSA) is 106 Å². The molecule has 1 aliphatic heterocycles. The van der Waals surface area contributed by atoms with Crippen LogP contribution in [0.4, 0.5) is 5.82 Å². The van der Waals surface area contributed by atoms with E-state index in [-0.39, 0.29) is 6.61 Å². The molecule has 4 N–H and O–H groups in total. The van der Waals surface area contributed by atoms with Crippen molar-refractivity contribution in [1.82, 2.24) is 14.5 Å². The minimum atomic E-state index is -0.869. The third kappa shape index (κ3) is 2.06. The van der Waals surface area contributed by atoms with Crippen molar-refractivity contribution >= 4 is 38.9 Å². The number of hydrogen-bond donors (Lipinski definition) is 3. The SMILES string of the molecule is C=Cc1cn([C@@H]2O[C@H](CO)[C@@H](O)[C@@]2(C)Br)c2ncnc(N)c12. The number of alkyl halides is 1. The monoisotopic (exact) mass is 368 g/mol. The second-order valence-electron chi connectivity index (χ2n) is 5.46. The lowest BCUT2D eigenvalue weighted by atomic mass is 10.0. The van der Waals surface area contributed by atoms with E-state index in [0.717, 1.165) is 5.56 Å². The minimum absolute atomic E-state index is 0.274. The molecule has 7 nitrogen and oxygen atoms in total. The fourth-order valence-electron chi connectivity index (χ4n) is 2.83. The van der Waals surface area contributed by atoms with E-state index in [1.807, 2.05) is 6.92 Å². The van der Waals surface area contributed by atoms with E-state index in [2.05, 4.69) is 32.5 Å². The first kappa shape index (κ1) is 15.4. The Hall–Kier alpha value is -1.48. The lowest BCUT2D eigenvalue weighted by molar-refractivity contribution is -0.0437. The summed E-state index contributed by atoms with van der Waals surface area (Å²) in [6.45, 7) is 5.31. The largest absolute Gasteiger partial charge is 0.394 e. The number of ether oxygens (including phenoxy) is 1. The van der Waals surface area contributed by atoms with Crippen molar-refractivity contribution in [3.63, 3.8) is 0 Å². The van der Waals surface area contributed by atoms with Crippen molar-refractivity contribution in [1.29, 1.82) is 0 Å². The van der Waals surface area contributed by atoms with Crippen molar-refractivity contribution in [2.75, 3.05) is 12.3 Å². The van der Waals surface area contributed by atoms with Gasteiger partial charge in [-0.2, -0.15) is 0 Å². The third-order valence-electron chi connectivity index (χ3n) is 4.04. The van der Waals surface area contributed by atoms with Crippen LogP contribution in [0.25, 0.3) is 17.1 Å². The maximum atomic E-state index is 10.3. The van der Waals surface area contributed by atoms with Gasteiger partial charge in [0.2, 0.25) is 0 Å². The van der Waals surface area contributed by atoms with Crippen molar-refractivity contribution < 1.29 is 14.9 Å². The Labute approximate surface area is 135 Å². The van der Waals surface area contributed by atoms with Crippen molar-refractivity contribution in [3.05, 3.63) is 24.7 Å². The molecule has 1 fully saturated rings. The molecule has 118 valence electrons. The molecule has 0 bridgehead atoms. The number of aliphatic hydroxyl groups is 2. The van der Waals surface area contributed by atoms with E-state index in [0.29, 0.717) is 16.9 Å². The molecule has 0 radical (unpaired) electrons. The average molecular weight is 369 g/mol. The molecule has 22 heavy (non-hydrogen) atoms. The number of nitrogens with two attached hydrogens (primary N) is 1. The van der Waals surface area contributed by atoms with Gasteiger partial charge < -0.3 is 25.3 Å². The molecule has 0 aromatic carbocycles. The highest BCUT2D eigenvalue weighted by molar-refractivity contribution is 9.10. The summed E-state index contributed by atoms with van der Waals surface area (Å²) in [5.41, 5.74) is 7.31. The first-order valence-corrected chi connectivity index (χ1v) is 7.57. The van der Waals surface area contributed by atoms with Gasteiger partial charge >= 0.3 is 0 Å². The number of halogens is 1. The summed E-state index contributed by atoms with van der Waals surface area (Å²) >= 11 is 3.52. The smallest absolute Gasteiger partial charge is 0.153 e. The Balaban J connectivity index is 2.19. The molecule has 0 spiro atoms. The maximum Gasteiger partial charge on any atom is 0.153 e. The Morgan fingerprint density at radius 2 is 2.32 bits per heavy atom. The van der Waals surface area contributed by atoms with E-state index < -0.39 is 22.8 Å². The number of fused-ring (bicyclic) bond motifs is 1. The predicted molar refractivity (Wildman–Crippen MR) is 86.4 cm³/mol. The zero-order valence-corrected chi connectivity index (χ0v) is 13.6. The Bertz CT molecular complexity index is 730. The van der Waals surface area contributed by atoms with Crippen molar-refractivity contribution in [3.8, 4) is 0 Å². The van der Waals surface area contributed by atoms with E-state index >= 15 is 0 Å². The molecule has 1 aliphatic rings. The zero-order valence-electron chi connectivity index (χ0n) is 12.0. The lowest BCUT2D eigenvalue weighted by Gasteiger charge is -2.27. The number of aliphatic hydroxyl groups excluding tert-OH is 2. The second-order valence-corrected chi connectivity index (χ2v) is 7.17. The Kier molecular flexibility index (Phi) is 3.72. The minimum Gasteiger partial charge on any atom is -0.394 e. The number of nitrogens with zero attached hydrogens (tertiary/aromatic N) is 3. The first-order chi connectivity index (χ1) is 10.4. The molecular formula is C14H17BrN4O3. The van der Waals surface area contributed by atoms with Gasteiger partial charge in [-0.25, -0.2) is 9.97 Å². The average Bonchev–Trinajstić information content (AvgIpc) is 2.97. The van der Waals surface area contributed by atoms with Crippen LogP contribution in [0.5, 0.6) is 0 Å². The van der Waals surface area contributed by atoms with Gasteiger partial charge in [0.05, 0.1) is 16.3 Å². The summed E-state index contributed by atoms with van der Waals surface area (Å²) in [4.78, 5) is 8.28. The number of anilines is 1. The quantitative estimate of drug-likeness (QED) is 0.699. The van der Waals surface area contributed by atoms with Gasteiger partial charge in [-0.1, -0.05) is 28.6 Å². The van der Waals surface area contributed by atoms with Gasteiger partial charge in [-0.15, -0.1) is 0 Å². The van der Waals surface area contributed by atoms with E-state index in [1.165, 1.54) is 6.33 Å². The molecule has 8 heteroatoms. The lowest BCUT2D eigenvalue weighted by Crippen LogP contribution is -2.39. The molecular weight excluding hydrogens is 352 g/mol. The standard InChI is InChI=1S/C14H17BrN4O3/c1-3-7-4-19(12-9(7)11(16)17-6-18-12)13-14(2,15)10(21)8(5-20)22-13/h3-4,6,8,10,13,20-21H,1,5H2,2H3,(H2,16,17,18)/t8-,10-,13-,14-/m1/s1. The molecule has 3 heterocycles. The number of nitrogen functional groups attached to an aromatic ring is 1. The van der Waals surface area contributed by atoms with Crippen LogP contribution in [0.3, 0.4) is 0 Å². The molecule has 0 aliphatic carbocycles. The Morgan fingerprint density at radius 3 is 2.91 bits per heavy atom. The molecule has 0 unspecified atom stereocenters. The number of hydrogen-bond acceptors (Lipinski definition) is 6. The van der Waals surface area contributed by atoms with Crippen LogP contribution < -0.4 is 5.73 Å². The van der Waals surface area contributed by atoms with Crippen molar-refractivity contribution in [2.24, 2.45) is 0 Å². The molecule has 3 rings (SSSR count). The normalized spacial score (nSPS) is 31.7. The molecule has 0 amide bonds. The molecule has 1 saturated heterocycles. The first-order valence-electron chi connectivity index (χ1n) is 6.78. The van der Waals surface area contributed by atoms with Gasteiger partial charge in [0.25, 0.3) is 0 Å². The third-order valence-corrected chi connectivity index (χ3v) is 4.90. The zero-order chi connectivity index (χ0) is 16.1. The van der Waals surface area contributed by atoms with Gasteiger partial charge in [0.1, 0.15) is 30.0 Å².